The maximum absolute atomic E-state index is 12.7. The smallest absolute Gasteiger partial charge is 0.254 e. The first kappa shape index (κ1) is 16.6. The van der Waals surface area contributed by atoms with Gasteiger partial charge in [0.25, 0.3) is 5.91 Å². The quantitative estimate of drug-likeness (QED) is 0.820. The van der Waals surface area contributed by atoms with Crippen LogP contribution in [-0.4, -0.2) is 50.2 Å². The van der Waals surface area contributed by atoms with Crippen LogP contribution in [0, 0.1) is 0 Å². The predicted octanol–water partition coefficient (Wildman–Crippen LogP) is 2.31. The fourth-order valence-electron chi connectivity index (χ4n) is 2.55. The molecule has 1 amide bonds. The third-order valence-corrected chi connectivity index (χ3v) is 3.93. The minimum Gasteiger partial charge on any atom is -0.493 e. The molecule has 5 nitrogen and oxygen atoms in total. The molecular formula is C17H26N2O3. The lowest BCUT2D eigenvalue weighted by Crippen LogP contribution is -2.52. The fraction of sp³-hybridized carbons (Fsp3) is 0.588. The predicted molar refractivity (Wildman–Crippen MR) is 86.8 cm³/mol. The van der Waals surface area contributed by atoms with Crippen molar-refractivity contribution in [3.8, 4) is 11.5 Å². The average Bonchev–Trinajstić information content (AvgIpc) is 2.55. The van der Waals surface area contributed by atoms with E-state index in [0.29, 0.717) is 23.7 Å². The van der Waals surface area contributed by atoms with Gasteiger partial charge in [0.15, 0.2) is 11.5 Å². The van der Waals surface area contributed by atoms with Crippen molar-refractivity contribution < 1.29 is 14.3 Å². The zero-order valence-electron chi connectivity index (χ0n) is 13.7. The van der Waals surface area contributed by atoms with Crippen LogP contribution >= 0.6 is 0 Å². The van der Waals surface area contributed by atoms with Crippen molar-refractivity contribution in [1.29, 1.82) is 0 Å². The molecule has 1 aromatic carbocycles. The number of amides is 1. The van der Waals surface area contributed by atoms with Crippen LogP contribution in [0.25, 0.3) is 0 Å². The van der Waals surface area contributed by atoms with Gasteiger partial charge in [0, 0.05) is 31.2 Å². The van der Waals surface area contributed by atoms with E-state index in [9.17, 15) is 4.79 Å². The monoisotopic (exact) mass is 306 g/mol. The lowest BCUT2D eigenvalue weighted by Gasteiger charge is -2.34. The molecule has 0 aliphatic carbocycles. The Morgan fingerprint density at radius 3 is 2.91 bits per heavy atom. The molecule has 2 rings (SSSR count). The van der Waals surface area contributed by atoms with Gasteiger partial charge in [0.2, 0.25) is 0 Å². The van der Waals surface area contributed by atoms with Gasteiger partial charge >= 0.3 is 0 Å². The van der Waals surface area contributed by atoms with Gasteiger partial charge < -0.3 is 19.7 Å². The summed E-state index contributed by atoms with van der Waals surface area (Å²) in [5.74, 6) is 1.36. The van der Waals surface area contributed by atoms with Crippen LogP contribution in [0.5, 0.6) is 11.5 Å². The van der Waals surface area contributed by atoms with E-state index in [1.807, 2.05) is 17.0 Å². The van der Waals surface area contributed by atoms with Gasteiger partial charge in [-0.05, 0) is 31.5 Å². The Hall–Kier alpha value is -1.75. The minimum atomic E-state index is 0.0485. The molecule has 0 spiro atoms. The van der Waals surface area contributed by atoms with Gasteiger partial charge in [-0.2, -0.15) is 0 Å². The molecule has 1 aliphatic rings. The second kappa shape index (κ2) is 8.03. The number of methoxy groups -OCH3 is 1. The number of hydrogen-bond donors (Lipinski definition) is 1. The van der Waals surface area contributed by atoms with Crippen molar-refractivity contribution >= 4 is 5.91 Å². The lowest BCUT2D eigenvalue weighted by molar-refractivity contribution is 0.0655. The van der Waals surface area contributed by atoms with Crippen LogP contribution in [0.3, 0.4) is 0 Å². The van der Waals surface area contributed by atoms with Crippen LogP contribution in [0.15, 0.2) is 18.2 Å². The second-order valence-corrected chi connectivity index (χ2v) is 5.62. The summed E-state index contributed by atoms with van der Waals surface area (Å²) in [5.41, 5.74) is 0.647. The molecule has 0 radical (unpaired) electrons. The van der Waals surface area contributed by atoms with Crippen LogP contribution < -0.4 is 14.8 Å². The summed E-state index contributed by atoms with van der Waals surface area (Å²) >= 11 is 0. The zero-order valence-corrected chi connectivity index (χ0v) is 13.7. The Morgan fingerprint density at radius 2 is 2.23 bits per heavy atom. The van der Waals surface area contributed by atoms with Crippen molar-refractivity contribution in [2.24, 2.45) is 0 Å². The molecular weight excluding hydrogens is 280 g/mol. The summed E-state index contributed by atoms with van der Waals surface area (Å²) in [6.07, 6.45) is 2.09. The van der Waals surface area contributed by atoms with Gasteiger partial charge in [-0.1, -0.05) is 13.3 Å². The molecule has 1 heterocycles. The number of hydrogen-bond acceptors (Lipinski definition) is 4. The normalized spacial score (nSPS) is 18.1. The molecule has 1 fully saturated rings. The molecule has 1 saturated heterocycles. The Bertz CT molecular complexity index is 505. The first-order valence-corrected chi connectivity index (χ1v) is 8.00. The van der Waals surface area contributed by atoms with Gasteiger partial charge in [0.1, 0.15) is 0 Å². The Balaban J connectivity index is 2.12. The molecule has 1 aliphatic heterocycles. The number of carbonyl (C=O) groups is 1. The van der Waals surface area contributed by atoms with Gasteiger partial charge in [-0.3, -0.25) is 4.79 Å². The molecule has 1 atom stereocenters. The third kappa shape index (κ3) is 3.91. The first-order valence-electron chi connectivity index (χ1n) is 8.00. The molecule has 5 heteroatoms. The van der Waals surface area contributed by atoms with Gasteiger partial charge in [-0.15, -0.1) is 0 Å². The fourth-order valence-corrected chi connectivity index (χ4v) is 2.55. The highest BCUT2D eigenvalue weighted by atomic mass is 16.5. The van der Waals surface area contributed by atoms with Crippen molar-refractivity contribution in [2.45, 2.75) is 32.7 Å². The lowest BCUT2D eigenvalue weighted by atomic mass is 10.1. The molecule has 0 saturated carbocycles. The van der Waals surface area contributed by atoms with E-state index in [1.54, 1.807) is 13.2 Å². The second-order valence-electron chi connectivity index (χ2n) is 5.62. The number of carbonyl (C=O) groups excluding carboxylic acids is 1. The summed E-state index contributed by atoms with van der Waals surface area (Å²) in [5, 5.41) is 3.29. The number of ether oxygens (including phenoxy) is 2. The molecule has 0 aromatic heterocycles. The number of unbranched alkanes of at least 4 members (excludes halogenated alkanes) is 1. The zero-order chi connectivity index (χ0) is 15.9. The Morgan fingerprint density at radius 1 is 1.41 bits per heavy atom. The van der Waals surface area contributed by atoms with Crippen LogP contribution in [0.1, 0.15) is 37.0 Å². The first-order chi connectivity index (χ1) is 10.7. The van der Waals surface area contributed by atoms with E-state index in [4.69, 9.17) is 9.47 Å². The van der Waals surface area contributed by atoms with Crippen molar-refractivity contribution in [3.63, 3.8) is 0 Å². The Labute approximate surface area is 132 Å². The van der Waals surface area contributed by atoms with E-state index in [2.05, 4.69) is 19.2 Å². The molecule has 22 heavy (non-hydrogen) atoms. The maximum atomic E-state index is 12.7. The van der Waals surface area contributed by atoms with E-state index in [0.717, 1.165) is 32.5 Å². The minimum absolute atomic E-state index is 0.0485. The standard InChI is InChI=1S/C17H26N2O3/c1-4-5-10-22-15-7-6-14(11-16(15)21-3)17(20)19-9-8-18-12-13(19)2/h6-7,11,13,18H,4-5,8-10,12H2,1-3H3. The highest BCUT2D eigenvalue weighted by Gasteiger charge is 2.24. The number of nitrogens with zero attached hydrogens (tertiary/aromatic N) is 1. The number of benzene rings is 1. The van der Waals surface area contributed by atoms with Gasteiger partial charge in [-0.25, -0.2) is 0 Å². The summed E-state index contributed by atoms with van der Waals surface area (Å²) < 4.78 is 11.1. The van der Waals surface area contributed by atoms with E-state index in [-0.39, 0.29) is 11.9 Å². The van der Waals surface area contributed by atoms with E-state index < -0.39 is 0 Å². The topological polar surface area (TPSA) is 50.8 Å². The van der Waals surface area contributed by atoms with E-state index in [1.165, 1.54) is 0 Å². The summed E-state index contributed by atoms with van der Waals surface area (Å²) in [6.45, 7) is 7.25. The van der Waals surface area contributed by atoms with Crippen LogP contribution in [0.4, 0.5) is 0 Å². The Kier molecular flexibility index (Phi) is 6.07. The van der Waals surface area contributed by atoms with Crippen molar-refractivity contribution in [1.82, 2.24) is 10.2 Å². The molecule has 1 unspecified atom stereocenters. The number of piperazine rings is 1. The molecule has 1 N–H and O–H groups in total. The van der Waals surface area contributed by atoms with Gasteiger partial charge in [0.05, 0.1) is 13.7 Å². The largest absolute Gasteiger partial charge is 0.493 e. The molecule has 122 valence electrons. The number of rotatable bonds is 6. The molecule has 1 aromatic rings. The molecule has 0 bridgehead atoms. The van der Waals surface area contributed by atoms with Crippen LogP contribution in [-0.2, 0) is 0 Å². The highest BCUT2D eigenvalue weighted by molar-refractivity contribution is 5.95. The summed E-state index contributed by atoms with van der Waals surface area (Å²) in [6, 6.07) is 5.63. The number of nitrogens with one attached hydrogen (secondary N) is 1. The SMILES string of the molecule is CCCCOc1ccc(C(=O)N2CCNCC2C)cc1OC. The maximum Gasteiger partial charge on any atom is 0.254 e. The third-order valence-electron chi connectivity index (χ3n) is 3.93. The van der Waals surface area contributed by atoms with Crippen LogP contribution in [0.2, 0.25) is 0 Å². The van der Waals surface area contributed by atoms with E-state index >= 15 is 0 Å². The summed E-state index contributed by atoms with van der Waals surface area (Å²) in [4.78, 5) is 14.6. The highest BCUT2D eigenvalue weighted by Crippen LogP contribution is 2.29. The average molecular weight is 306 g/mol. The summed E-state index contributed by atoms with van der Waals surface area (Å²) in [7, 11) is 1.60. The van der Waals surface area contributed by atoms with Crippen molar-refractivity contribution in [3.05, 3.63) is 23.8 Å². The van der Waals surface area contributed by atoms with Crippen molar-refractivity contribution in [2.75, 3.05) is 33.4 Å².